The van der Waals surface area contributed by atoms with E-state index in [2.05, 4.69) is 12.1 Å². The molecule has 5 nitrogen and oxygen atoms in total. The summed E-state index contributed by atoms with van der Waals surface area (Å²) in [7, 11) is 0. The van der Waals surface area contributed by atoms with Crippen LogP contribution in [0.1, 0.15) is 50.6 Å². The standard InChI is InChI=1S/C15H25N3O2/c1-4-13-12(14(5-2)20-17-13)9-15(19)18-7-6-11(16)8-10(18)3/h10-11H,4-9,16H2,1-3H3/t10-,11-/m1/s1. The number of nitrogens with zero attached hydrogens (tertiary/aromatic N) is 2. The van der Waals surface area contributed by atoms with Crippen molar-refractivity contribution < 1.29 is 9.32 Å². The van der Waals surface area contributed by atoms with Crippen LogP contribution in [0.3, 0.4) is 0 Å². The normalized spacial score (nSPS) is 23.1. The number of nitrogens with two attached hydrogens (primary N) is 1. The van der Waals surface area contributed by atoms with Crippen molar-refractivity contribution in [2.24, 2.45) is 5.73 Å². The first-order valence-electron chi connectivity index (χ1n) is 7.58. The topological polar surface area (TPSA) is 72.4 Å². The Morgan fingerprint density at radius 1 is 1.45 bits per heavy atom. The molecule has 0 aliphatic carbocycles. The van der Waals surface area contributed by atoms with E-state index in [1.165, 1.54) is 0 Å². The summed E-state index contributed by atoms with van der Waals surface area (Å²) in [6.07, 6.45) is 3.75. The molecule has 2 heterocycles. The Bertz CT molecular complexity index is 448. The van der Waals surface area contributed by atoms with Gasteiger partial charge in [0.05, 0.1) is 12.1 Å². The molecular weight excluding hydrogens is 254 g/mol. The van der Waals surface area contributed by atoms with Gasteiger partial charge in [-0.3, -0.25) is 4.79 Å². The lowest BCUT2D eigenvalue weighted by molar-refractivity contribution is -0.133. The van der Waals surface area contributed by atoms with E-state index in [1.54, 1.807) is 0 Å². The number of aromatic nitrogens is 1. The van der Waals surface area contributed by atoms with Crippen LogP contribution < -0.4 is 5.73 Å². The highest BCUT2D eigenvalue weighted by Crippen LogP contribution is 2.21. The molecule has 1 saturated heterocycles. The molecule has 1 aliphatic rings. The molecular formula is C15H25N3O2. The Kier molecular flexibility index (Phi) is 4.81. The fraction of sp³-hybridized carbons (Fsp3) is 0.733. The Morgan fingerprint density at radius 3 is 2.80 bits per heavy atom. The Hall–Kier alpha value is -1.36. The summed E-state index contributed by atoms with van der Waals surface area (Å²) >= 11 is 0. The van der Waals surface area contributed by atoms with Crippen LogP contribution in [0.4, 0.5) is 0 Å². The van der Waals surface area contributed by atoms with E-state index in [9.17, 15) is 4.79 Å². The predicted molar refractivity (Wildman–Crippen MR) is 77.3 cm³/mol. The number of likely N-dealkylation sites (tertiary alicyclic amines) is 1. The Morgan fingerprint density at radius 2 is 2.20 bits per heavy atom. The van der Waals surface area contributed by atoms with Gasteiger partial charge in [0.25, 0.3) is 0 Å². The zero-order valence-electron chi connectivity index (χ0n) is 12.7. The van der Waals surface area contributed by atoms with Crippen LogP contribution in [-0.2, 0) is 24.1 Å². The lowest BCUT2D eigenvalue weighted by atomic mass is 9.97. The molecule has 1 fully saturated rings. The molecule has 0 radical (unpaired) electrons. The average Bonchev–Trinajstić information content (AvgIpc) is 2.80. The third-order valence-electron chi connectivity index (χ3n) is 4.17. The summed E-state index contributed by atoms with van der Waals surface area (Å²) in [6, 6.07) is 0.448. The van der Waals surface area contributed by atoms with Crippen molar-refractivity contribution in [3.63, 3.8) is 0 Å². The van der Waals surface area contributed by atoms with Crippen LogP contribution in [0.15, 0.2) is 4.52 Å². The smallest absolute Gasteiger partial charge is 0.227 e. The van der Waals surface area contributed by atoms with Gasteiger partial charge in [-0.1, -0.05) is 19.0 Å². The molecule has 0 spiro atoms. The summed E-state index contributed by atoms with van der Waals surface area (Å²) in [5.41, 5.74) is 7.85. The van der Waals surface area contributed by atoms with Gasteiger partial charge in [-0.25, -0.2) is 0 Å². The van der Waals surface area contributed by atoms with Gasteiger partial charge in [-0.2, -0.15) is 0 Å². The molecule has 1 amide bonds. The highest BCUT2D eigenvalue weighted by atomic mass is 16.5. The fourth-order valence-corrected chi connectivity index (χ4v) is 2.97. The number of piperidine rings is 1. The van der Waals surface area contributed by atoms with Crippen LogP contribution in [0, 0.1) is 0 Å². The minimum absolute atomic E-state index is 0.164. The number of aryl methyl sites for hydroxylation is 2. The highest BCUT2D eigenvalue weighted by molar-refractivity contribution is 5.79. The maximum Gasteiger partial charge on any atom is 0.227 e. The van der Waals surface area contributed by atoms with E-state index in [4.69, 9.17) is 10.3 Å². The van der Waals surface area contributed by atoms with Crippen LogP contribution in [0.2, 0.25) is 0 Å². The number of hydrogen-bond donors (Lipinski definition) is 1. The summed E-state index contributed by atoms with van der Waals surface area (Å²) in [4.78, 5) is 14.5. The van der Waals surface area contributed by atoms with Gasteiger partial charge in [0.15, 0.2) is 0 Å². The zero-order chi connectivity index (χ0) is 14.7. The second-order valence-corrected chi connectivity index (χ2v) is 5.64. The Balaban J connectivity index is 2.09. The first-order valence-corrected chi connectivity index (χ1v) is 7.58. The second kappa shape index (κ2) is 6.39. The summed E-state index contributed by atoms with van der Waals surface area (Å²) in [5.74, 6) is 1.01. The third-order valence-corrected chi connectivity index (χ3v) is 4.17. The molecule has 20 heavy (non-hydrogen) atoms. The lowest BCUT2D eigenvalue weighted by Gasteiger charge is -2.36. The van der Waals surface area contributed by atoms with Crippen molar-refractivity contribution in [2.75, 3.05) is 6.54 Å². The maximum atomic E-state index is 12.5. The minimum atomic E-state index is 0.164. The maximum absolute atomic E-state index is 12.5. The van der Waals surface area contributed by atoms with Crippen molar-refractivity contribution in [1.29, 1.82) is 0 Å². The molecule has 0 bridgehead atoms. The molecule has 2 atom stereocenters. The Labute approximate surface area is 120 Å². The number of amides is 1. The summed E-state index contributed by atoms with van der Waals surface area (Å²) in [5, 5.41) is 4.07. The number of carbonyl (C=O) groups is 1. The number of rotatable bonds is 4. The monoisotopic (exact) mass is 279 g/mol. The first kappa shape index (κ1) is 15.0. The molecule has 1 aromatic rings. The molecule has 0 aromatic carbocycles. The van der Waals surface area contributed by atoms with Gasteiger partial charge in [0.1, 0.15) is 5.76 Å². The van der Waals surface area contributed by atoms with Crippen LogP contribution in [-0.4, -0.2) is 34.6 Å². The van der Waals surface area contributed by atoms with Crippen molar-refractivity contribution in [2.45, 2.75) is 65.0 Å². The largest absolute Gasteiger partial charge is 0.361 e. The van der Waals surface area contributed by atoms with Crippen LogP contribution >= 0.6 is 0 Å². The molecule has 2 N–H and O–H groups in total. The highest BCUT2D eigenvalue weighted by Gasteiger charge is 2.28. The van der Waals surface area contributed by atoms with Gasteiger partial charge < -0.3 is 15.2 Å². The molecule has 5 heteroatoms. The zero-order valence-corrected chi connectivity index (χ0v) is 12.7. The average molecular weight is 279 g/mol. The van der Waals surface area contributed by atoms with E-state index in [0.29, 0.717) is 6.42 Å². The van der Waals surface area contributed by atoms with Gasteiger partial charge in [-0.05, 0) is 26.2 Å². The van der Waals surface area contributed by atoms with E-state index >= 15 is 0 Å². The first-order chi connectivity index (χ1) is 9.56. The summed E-state index contributed by atoms with van der Waals surface area (Å²) in [6.45, 7) is 6.89. The number of hydrogen-bond acceptors (Lipinski definition) is 4. The minimum Gasteiger partial charge on any atom is -0.361 e. The number of carbonyl (C=O) groups excluding carboxylic acids is 1. The molecule has 0 unspecified atom stereocenters. The van der Waals surface area contributed by atoms with Gasteiger partial charge in [-0.15, -0.1) is 0 Å². The molecule has 112 valence electrons. The van der Waals surface area contributed by atoms with Gasteiger partial charge >= 0.3 is 0 Å². The summed E-state index contributed by atoms with van der Waals surface area (Å²) < 4.78 is 5.33. The molecule has 0 saturated carbocycles. The lowest BCUT2D eigenvalue weighted by Crippen LogP contribution is -2.48. The van der Waals surface area contributed by atoms with E-state index in [1.807, 2.05) is 18.7 Å². The van der Waals surface area contributed by atoms with Gasteiger partial charge in [0, 0.05) is 30.6 Å². The second-order valence-electron chi connectivity index (χ2n) is 5.64. The van der Waals surface area contributed by atoms with E-state index < -0.39 is 0 Å². The predicted octanol–water partition coefficient (Wildman–Crippen LogP) is 1.68. The van der Waals surface area contributed by atoms with Crippen LogP contribution in [0.5, 0.6) is 0 Å². The van der Waals surface area contributed by atoms with Crippen LogP contribution in [0.25, 0.3) is 0 Å². The van der Waals surface area contributed by atoms with E-state index in [-0.39, 0.29) is 18.0 Å². The SMILES string of the molecule is CCc1noc(CC)c1CC(=O)N1CC[C@@H](N)C[C@H]1C. The quantitative estimate of drug-likeness (QED) is 0.910. The van der Waals surface area contributed by atoms with E-state index in [0.717, 1.165) is 49.2 Å². The third kappa shape index (κ3) is 3.03. The van der Waals surface area contributed by atoms with Crippen molar-refractivity contribution in [1.82, 2.24) is 10.1 Å². The van der Waals surface area contributed by atoms with Crippen molar-refractivity contribution in [3.8, 4) is 0 Å². The fourth-order valence-electron chi connectivity index (χ4n) is 2.97. The van der Waals surface area contributed by atoms with Gasteiger partial charge in [0.2, 0.25) is 5.91 Å². The molecule has 1 aromatic heterocycles. The van der Waals surface area contributed by atoms with Crippen molar-refractivity contribution in [3.05, 3.63) is 17.0 Å². The molecule has 1 aliphatic heterocycles. The van der Waals surface area contributed by atoms with Crippen molar-refractivity contribution >= 4 is 5.91 Å². The molecule has 2 rings (SSSR count).